The Morgan fingerprint density at radius 3 is 1.26 bits per heavy atom. The minimum Gasteiger partial charge on any atom is -0.508 e. The third-order valence-electron chi connectivity index (χ3n) is 12.2. The van der Waals surface area contributed by atoms with Crippen LogP contribution in [-0.4, -0.2) is 119 Å². The summed E-state index contributed by atoms with van der Waals surface area (Å²) in [6, 6.07) is 12.8. The van der Waals surface area contributed by atoms with E-state index in [1.165, 1.54) is 16.7 Å². The summed E-state index contributed by atoms with van der Waals surface area (Å²) in [6.45, 7) is 3.96. The average Bonchev–Trinajstić information content (AvgIpc) is 3.68. The van der Waals surface area contributed by atoms with Crippen molar-refractivity contribution in [1.82, 2.24) is 19.5 Å². The van der Waals surface area contributed by atoms with E-state index in [4.69, 9.17) is 7.85 Å². The number of aromatic nitrogens is 4. The number of phenolic OH excluding ortho intramolecular Hbond substituents is 18. The Morgan fingerprint density at radius 1 is 0.371 bits per heavy atom. The van der Waals surface area contributed by atoms with Crippen LogP contribution in [0.4, 0.5) is 0 Å². The van der Waals surface area contributed by atoms with Crippen LogP contribution in [0.1, 0.15) is 5.56 Å². The molecule has 348 valence electrons. The zero-order valence-corrected chi connectivity index (χ0v) is 34.8. The molecule has 10 aromatic rings. The summed E-state index contributed by atoms with van der Waals surface area (Å²) in [6.07, 6.45) is 1.56. The van der Waals surface area contributed by atoms with E-state index in [0.29, 0.717) is 27.1 Å². The second-order valence-corrected chi connectivity index (χ2v) is 15.7. The third kappa shape index (κ3) is 5.40. The van der Waals surface area contributed by atoms with Gasteiger partial charge in [0.2, 0.25) is 40.2 Å². The van der Waals surface area contributed by atoms with Crippen LogP contribution in [0.25, 0.3) is 100 Å². The molecule has 23 heteroatoms. The molecule has 0 saturated heterocycles. The number of rotatable bonds is 6. The van der Waals surface area contributed by atoms with E-state index in [-0.39, 0.29) is 27.4 Å². The van der Waals surface area contributed by atoms with Crippen molar-refractivity contribution in [1.29, 1.82) is 0 Å². The molecule has 22 nitrogen and oxygen atoms in total. The zero-order valence-electron chi connectivity index (χ0n) is 34.8. The molecule has 8 aromatic carbocycles. The smallest absolute Gasteiger partial charge is 0.208 e. The molecule has 2 radical (unpaired) electrons. The molecule has 2 aromatic heterocycles. The van der Waals surface area contributed by atoms with Crippen LogP contribution in [0.2, 0.25) is 0 Å². The first kappa shape index (κ1) is 43.4. The monoisotopic (exact) mass is 948 g/mol. The summed E-state index contributed by atoms with van der Waals surface area (Å²) >= 11 is 0. The predicted octanol–water partition coefficient (Wildman–Crippen LogP) is 5.52. The molecule has 0 amide bonds. The molecule has 2 heterocycles. The number of hydrogen-bond donors (Lipinski definition) is 18. The maximum atomic E-state index is 11.6. The first-order valence-electron chi connectivity index (χ1n) is 19.9. The Morgan fingerprint density at radius 2 is 0.743 bits per heavy atom. The van der Waals surface area contributed by atoms with Crippen molar-refractivity contribution in [2.24, 2.45) is 0 Å². The molecular weight excluding hydrogens is 919 g/mol. The SMILES string of the molecule is [B]c1c(O)c(O)c(O)c(-c2c(O)c(O)c(-c3nc(-c4c(O)c(O)c(O)c(O)c4O)nc(-c4ccc5c6c4c4ccccc4c4c(C=C)ccc(c46)n5-c4c(O)c(O)c(O)c(O)c4O)n3)c(O)c2O)c1O. The molecule has 0 aliphatic heterocycles. The number of fused-ring (bicyclic) bond motifs is 3. The maximum absolute atomic E-state index is 11.6. The van der Waals surface area contributed by atoms with Crippen molar-refractivity contribution < 1.29 is 91.9 Å². The fraction of sp³-hybridized carbons (Fsp3) is 0. The number of phenols is 18. The quantitative estimate of drug-likeness (QED) is 0.0422. The molecule has 70 heavy (non-hydrogen) atoms. The Kier molecular flexibility index (Phi) is 9.02. The van der Waals surface area contributed by atoms with Crippen LogP contribution >= 0.6 is 0 Å². The molecule has 0 spiro atoms. The number of benzene rings is 8. The predicted molar refractivity (Wildman–Crippen MR) is 248 cm³/mol. The Balaban J connectivity index is 1.37. The van der Waals surface area contributed by atoms with E-state index in [0.717, 1.165) is 0 Å². The van der Waals surface area contributed by atoms with Crippen LogP contribution in [0.15, 0.2) is 55.1 Å². The summed E-state index contributed by atoms with van der Waals surface area (Å²) < 4.78 is 1.27. The molecule has 0 atom stereocenters. The Bertz CT molecular complexity index is 3930. The summed E-state index contributed by atoms with van der Waals surface area (Å²) in [5.74, 6) is -26.0. The van der Waals surface area contributed by atoms with Crippen molar-refractivity contribution in [3.05, 3.63) is 60.7 Å². The molecule has 0 aliphatic rings. The summed E-state index contributed by atoms with van der Waals surface area (Å²) in [5, 5.41) is 198. The molecule has 18 N–H and O–H groups in total. The average molecular weight is 949 g/mol. The number of nitrogens with zero attached hydrogens (tertiary/aromatic N) is 4. The molecule has 0 unspecified atom stereocenters. The van der Waals surface area contributed by atoms with E-state index in [1.807, 2.05) is 0 Å². The second-order valence-electron chi connectivity index (χ2n) is 15.7. The normalized spacial score (nSPS) is 11.7. The Hall–Kier alpha value is -10.4. The lowest BCUT2D eigenvalue weighted by molar-refractivity contribution is 0.327. The van der Waals surface area contributed by atoms with Crippen LogP contribution in [-0.2, 0) is 0 Å². The number of aromatic hydroxyl groups is 18. The van der Waals surface area contributed by atoms with E-state index in [1.54, 1.807) is 42.5 Å². The highest BCUT2D eigenvalue weighted by molar-refractivity contribution is 6.38. The molecule has 10 rings (SSSR count). The van der Waals surface area contributed by atoms with E-state index in [2.05, 4.69) is 21.5 Å². The summed E-state index contributed by atoms with van der Waals surface area (Å²) in [4.78, 5) is 13.0. The summed E-state index contributed by atoms with van der Waals surface area (Å²) in [5.41, 5.74) is -5.00. The molecule has 0 bridgehead atoms. The topological polar surface area (TPSA) is 408 Å². The van der Waals surface area contributed by atoms with Crippen LogP contribution < -0.4 is 5.46 Å². The molecule has 0 saturated carbocycles. The highest BCUT2D eigenvalue weighted by Crippen LogP contribution is 2.61. The van der Waals surface area contributed by atoms with Crippen molar-refractivity contribution in [2.45, 2.75) is 0 Å². The van der Waals surface area contributed by atoms with Gasteiger partial charge in [-0.25, -0.2) is 15.0 Å². The lowest BCUT2D eigenvalue weighted by Gasteiger charge is -2.19. The van der Waals surface area contributed by atoms with Gasteiger partial charge in [-0.2, -0.15) is 0 Å². The van der Waals surface area contributed by atoms with Gasteiger partial charge in [-0.3, -0.25) is 0 Å². The summed E-state index contributed by atoms with van der Waals surface area (Å²) in [7, 11) is 5.65. The fourth-order valence-electron chi connectivity index (χ4n) is 8.90. The largest absolute Gasteiger partial charge is 0.508 e. The van der Waals surface area contributed by atoms with Crippen LogP contribution in [0, 0.1) is 0 Å². The highest BCUT2D eigenvalue weighted by Gasteiger charge is 2.36. The fourth-order valence-corrected chi connectivity index (χ4v) is 8.90. The van der Waals surface area contributed by atoms with Crippen molar-refractivity contribution in [3.8, 4) is 154 Å². The molecule has 0 aliphatic carbocycles. The number of hydrogen-bond acceptors (Lipinski definition) is 21. The van der Waals surface area contributed by atoms with Crippen molar-refractivity contribution in [3.63, 3.8) is 0 Å². The lowest BCUT2D eigenvalue weighted by atomic mass is 9.87. The first-order chi connectivity index (χ1) is 33.2. The third-order valence-corrected chi connectivity index (χ3v) is 12.2. The van der Waals surface area contributed by atoms with Crippen molar-refractivity contribution in [2.75, 3.05) is 0 Å². The van der Waals surface area contributed by atoms with Crippen LogP contribution in [0.3, 0.4) is 0 Å². The van der Waals surface area contributed by atoms with Crippen LogP contribution in [0.5, 0.6) is 103 Å². The first-order valence-corrected chi connectivity index (χ1v) is 19.9. The molecular formula is C47H29BN4O18. The van der Waals surface area contributed by atoms with E-state index >= 15 is 0 Å². The van der Waals surface area contributed by atoms with Gasteiger partial charge in [0.25, 0.3) is 0 Å². The van der Waals surface area contributed by atoms with Gasteiger partial charge in [-0.15, -0.1) is 0 Å². The van der Waals surface area contributed by atoms with Gasteiger partial charge >= 0.3 is 0 Å². The van der Waals surface area contributed by atoms with Gasteiger partial charge in [-0.05, 0) is 45.4 Å². The van der Waals surface area contributed by atoms with Gasteiger partial charge in [0.05, 0.1) is 22.2 Å². The standard InChI is InChI=1S/C47H29BN4O18/c1-2-11-7-9-15-19-17(11)12-5-3-4-6-13(12)18-14(8-10-16(20(18)19)52(15)26-36(62)41(67)44(70)42(68)37(26)63)45-49-46(51-47(50-45)24-33(59)39(65)43(69)40(66)34(24)60)23-31(57)28(54)22(29(55)32(23)58)21-27(53)25(48)35(61)38(64)30(21)56/h2-10,53-70H,1H2. The minimum atomic E-state index is -1.46. The van der Waals surface area contributed by atoms with Crippen molar-refractivity contribution >= 4 is 62.7 Å². The second kappa shape index (κ2) is 14.5. The van der Waals surface area contributed by atoms with Gasteiger partial charge in [0.15, 0.2) is 75.0 Å². The highest BCUT2D eigenvalue weighted by atomic mass is 16.4. The minimum absolute atomic E-state index is 0.0245. The van der Waals surface area contributed by atoms with E-state index < -0.39 is 154 Å². The Labute approximate surface area is 388 Å². The van der Waals surface area contributed by atoms with Gasteiger partial charge in [0, 0.05) is 21.7 Å². The lowest BCUT2D eigenvalue weighted by Crippen LogP contribution is -2.06. The zero-order chi connectivity index (χ0) is 50.4. The van der Waals surface area contributed by atoms with E-state index in [9.17, 15) is 91.9 Å². The van der Waals surface area contributed by atoms with Gasteiger partial charge in [0.1, 0.15) is 30.4 Å². The van der Waals surface area contributed by atoms with Gasteiger partial charge < -0.3 is 96.5 Å². The van der Waals surface area contributed by atoms with Gasteiger partial charge in [-0.1, -0.05) is 43.0 Å². The maximum Gasteiger partial charge on any atom is 0.208 e. The molecule has 0 fully saturated rings.